The maximum atomic E-state index is 5.33. The van der Waals surface area contributed by atoms with Gasteiger partial charge in [-0.15, -0.1) is 0 Å². The smallest absolute Gasteiger partial charge is 0.319 e. The standard InChI is InChI=1S/C13H21N3O3/c1-17-12-11(10-14-13(15-12)18-2)4-3-5-16-6-8-19-9-7-16/h10H,3-9H2,1-2H3. The number of hydrogen-bond donors (Lipinski definition) is 0. The Bertz CT molecular complexity index is 395. The number of nitrogens with zero attached hydrogens (tertiary/aromatic N) is 3. The van der Waals surface area contributed by atoms with Crippen molar-refractivity contribution in [3.8, 4) is 11.9 Å². The van der Waals surface area contributed by atoms with Crippen LogP contribution in [-0.4, -0.2) is 61.9 Å². The van der Waals surface area contributed by atoms with Crippen molar-refractivity contribution >= 4 is 0 Å². The Kier molecular flexibility index (Phi) is 5.35. The van der Waals surface area contributed by atoms with Gasteiger partial charge in [-0.05, 0) is 19.4 Å². The molecule has 0 aliphatic carbocycles. The molecule has 1 aliphatic rings. The summed E-state index contributed by atoms with van der Waals surface area (Å²) in [5.41, 5.74) is 1.02. The normalized spacial score (nSPS) is 16.3. The van der Waals surface area contributed by atoms with Crippen LogP contribution in [-0.2, 0) is 11.2 Å². The average Bonchev–Trinajstić information content (AvgIpc) is 2.48. The van der Waals surface area contributed by atoms with E-state index in [1.165, 1.54) is 0 Å². The lowest BCUT2D eigenvalue weighted by atomic mass is 10.1. The van der Waals surface area contributed by atoms with Crippen molar-refractivity contribution in [3.63, 3.8) is 0 Å². The fourth-order valence-corrected chi connectivity index (χ4v) is 2.14. The summed E-state index contributed by atoms with van der Waals surface area (Å²) in [4.78, 5) is 10.7. The van der Waals surface area contributed by atoms with Crippen LogP contribution in [0, 0.1) is 0 Å². The second-order valence-electron chi connectivity index (χ2n) is 4.45. The van der Waals surface area contributed by atoms with Gasteiger partial charge in [-0.1, -0.05) is 0 Å². The highest BCUT2D eigenvalue weighted by molar-refractivity contribution is 5.25. The first-order valence-electron chi connectivity index (χ1n) is 6.57. The number of aryl methyl sites for hydroxylation is 1. The molecule has 1 saturated heterocycles. The Morgan fingerprint density at radius 1 is 1.26 bits per heavy atom. The summed E-state index contributed by atoms with van der Waals surface area (Å²) < 4.78 is 15.6. The van der Waals surface area contributed by atoms with E-state index in [1.54, 1.807) is 20.4 Å². The van der Waals surface area contributed by atoms with Crippen LogP contribution in [0.3, 0.4) is 0 Å². The lowest BCUT2D eigenvalue weighted by Gasteiger charge is -2.26. The molecule has 0 spiro atoms. The predicted molar refractivity (Wildman–Crippen MR) is 70.7 cm³/mol. The van der Waals surface area contributed by atoms with E-state index in [9.17, 15) is 0 Å². The van der Waals surface area contributed by atoms with Crippen molar-refractivity contribution in [3.05, 3.63) is 11.8 Å². The molecule has 0 saturated carbocycles. The van der Waals surface area contributed by atoms with Gasteiger partial charge in [-0.3, -0.25) is 4.90 Å². The Hall–Kier alpha value is -1.40. The molecule has 6 heteroatoms. The molecule has 0 amide bonds. The van der Waals surface area contributed by atoms with E-state index in [0.29, 0.717) is 11.9 Å². The zero-order valence-electron chi connectivity index (χ0n) is 11.6. The van der Waals surface area contributed by atoms with Crippen molar-refractivity contribution in [2.75, 3.05) is 47.1 Å². The molecule has 0 radical (unpaired) electrons. The summed E-state index contributed by atoms with van der Waals surface area (Å²) in [5.74, 6) is 0.605. The molecular weight excluding hydrogens is 246 g/mol. The molecule has 0 aromatic carbocycles. The molecule has 0 unspecified atom stereocenters. The number of rotatable bonds is 6. The number of aromatic nitrogens is 2. The number of hydrogen-bond acceptors (Lipinski definition) is 6. The van der Waals surface area contributed by atoms with Crippen LogP contribution < -0.4 is 9.47 Å². The van der Waals surface area contributed by atoms with E-state index in [-0.39, 0.29) is 0 Å². The second kappa shape index (κ2) is 7.25. The quantitative estimate of drug-likeness (QED) is 0.758. The summed E-state index contributed by atoms with van der Waals surface area (Å²) in [6.45, 7) is 4.80. The van der Waals surface area contributed by atoms with Gasteiger partial charge in [0.1, 0.15) is 0 Å². The maximum Gasteiger partial charge on any atom is 0.319 e. The number of morpholine rings is 1. The molecule has 19 heavy (non-hydrogen) atoms. The van der Waals surface area contributed by atoms with Crippen molar-refractivity contribution in [1.82, 2.24) is 14.9 Å². The lowest BCUT2D eigenvalue weighted by Crippen LogP contribution is -2.36. The van der Waals surface area contributed by atoms with Gasteiger partial charge in [0.05, 0.1) is 27.4 Å². The minimum absolute atomic E-state index is 0.341. The van der Waals surface area contributed by atoms with Gasteiger partial charge < -0.3 is 14.2 Å². The zero-order valence-corrected chi connectivity index (χ0v) is 11.6. The van der Waals surface area contributed by atoms with Crippen molar-refractivity contribution in [2.24, 2.45) is 0 Å². The highest BCUT2D eigenvalue weighted by atomic mass is 16.5. The Morgan fingerprint density at radius 2 is 2.05 bits per heavy atom. The van der Waals surface area contributed by atoms with E-state index in [4.69, 9.17) is 14.2 Å². The van der Waals surface area contributed by atoms with Gasteiger partial charge in [-0.25, -0.2) is 4.98 Å². The van der Waals surface area contributed by atoms with Gasteiger partial charge in [-0.2, -0.15) is 4.98 Å². The van der Waals surface area contributed by atoms with Crippen LogP contribution in [0.2, 0.25) is 0 Å². The van der Waals surface area contributed by atoms with Crippen LogP contribution >= 0.6 is 0 Å². The summed E-state index contributed by atoms with van der Waals surface area (Å²) >= 11 is 0. The first-order chi connectivity index (χ1) is 9.33. The molecule has 2 heterocycles. The third-order valence-corrected chi connectivity index (χ3v) is 3.20. The van der Waals surface area contributed by atoms with Crippen LogP contribution in [0.25, 0.3) is 0 Å². The maximum absolute atomic E-state index is 5.33. The molecule has 2 rings (SSSR count). The SMILES string of the molecule is COc1ncc(CCCN2CCOCC2)c(OC)n1. The Morgan fingerprint density at radius 3 is 2.74 bits per heavy atom. The summed E-state index contributed by atoms with van der Waals surface area (Å²) in [7, 11) is 3.17. The predicted octanol–water partition coefficient (Wildman–Crippen LogP) is 0.759. The first-order valence-corrected chi connectivity index (χ1v) is 6.57. The molecular formula is C13H21N3O3. The molecule has 1 aromatic rings. The molecule has 6 nitrogen and oxygen atoms in total. The van der Waals surface area contributed by atoms with Gasteiger partial charge in [0.2, 0.25) is 5.88 Å². The van der Waals surface area contributed by atoms with Gasteiger partial charge in [0.15, 0.2) is 0 Å². The monoisotopic (exact) mass is 267 g/mol. The Labute approximate surface area is 113 Å². The third kappa shape index (κ3) is 4.04. The fourth-order valence-electron chi connectivity index (χ4n) is 2.14. The zero-order chi connectivity index (χ0) is 13.5. The van der Waals surface area contributed by atoms with Gasteiger partial charge in [0.25, 0.3) is 0 Å². The lowest BCUT2D eigenvalue weighted by molar-refractivity contribution is 0.0374. The van der Waals surface area contributed by atoms with E-state index >= 15 is 0 Å². The summed E-state index contributed by atoms with van der Waals surface area (Å²) in [5, 5.41) is 0. The summed E-state index contributed by atoms with van der Waals surface area (Å²) in [6.07, 6.45) is 3.75. The number of methoxy groups -OCH3 is 2. The van der Waals surface area contributed by atoms with E-state index in [2.05, 4.69) is 14.9 Å². The highest BCUT2D eigenvalue weighted by Gasteiger charge is 2.11. The number of ether oxygens (including phenoxy) is 3. The van der Waals surface area contributed by atoms with E-state index in [0.717, 1.165) is 51.3 Å². The van der Waals surface area contributed by atoms with E-state index < -0.39 is 0 Å². The van der Waals surface area contributed by atoms with Gasteiger partial charge >= 0.3 is 6.01 Å². The average molecular weight is 267 g/mol. The molecule has 1 aliphatic heterocycles. The third-order valence-electron chi connectivity index (χ3n) is 3.20. The molecule has 1 fully saturated rings. The molecule has 106 valence electrons. The highest BCUT2D eigenvalue weighted by Crippen LogP contribution is 2.18. The van der Waals surface area contributed by atoms with Crippen LogP contribution in [0.4, 0.5) is 0 Å². The van der Waals surface area contributed by atoms with Crippen molar-refractivity contribution in [2.45, 2.75) is 12.8 Å². The summed E-state index contributed by atoms with van der Waals surface area (Å²) in [6, 6.07) is 0.341. The fraction of sp³-hybridized carbons (Fsp3) is 0.692. The second-order valence-corrected chi connectivity index (χ2v) is 4.45. The van der Waals surface area contributed by atoms with Crippen molar-refractivity contribution < 1.29 is 14.2 Å². The molecule has 1 aromatic heterocycles. The molecule has 0 N–H and O–H groups in total. The molecule has 0 bridgehead atoms. The topological polar surface area (TPSA) is 56.7 Å². The Balaban J connectivity index is 1.84. The van der Waals surface area contributed by atoms with Crippen LogP contribution in [0.5, 0.6) is 11.9 Å². The largest absolute Gasteiger partial charge is 0.481 e. The minimum Gasteiger partial charge on any atom is -0.481 e. The van der Waals surface area contributed by atoms with Gasteiger partial charge in [0, 0.05) is 24.8 Å². The van der Waals surface area contributed by atoms with Crippen LogP contribution in [0.1, 0.15) is 12.0 Å². The minimum atomic E-state index is 0.341. The first kappa shape index (κ1) is 14.0. The van der Waals surface area contributed by atoms with Crippen molar-refractivity contribution in [1.29, 1.82) is 0 Å². The van der Waals surface area contributed by atoms with Crippen LogP contribution in [0.15, 0.2) is 6.20 Å². The molecule has 0 atom stereocenters. The van der Waals surface area contributed by atoms with E-state index in [1.807, 2.05) is 0 Å².